The molecule has 0 radical (unpaired) electrons. The van der Waals surface area contributed by atoms with Gasteiger partial charge in [-0.05, 0) is 55.3 Å². The summed E-state index contributed by atoms with van der Waals surface area (Å²) in [5, 5.41) is 6.07. The summed E-state index contributed by atoms with van der Waals surface area (Å²) in [6.45, 7) is 0. The van der Waals surface area contributed by atoms with Gasteiger partial charge in [0.1, 0.15) is 5.82 Å². The third kappa shape index (κ3) is 2.77. The molecule has 116 valence electrons. The van der Waals surface area contributed by atoms with E-state index in [1.807, 2.05) is 49.5 Å². The predicted molar refractivity (Wildman–Crippen MR) is 92.4 cm³/mol. The Morgan fingerprint density at radius 2 is 1.87 bits per heavy atom. The molecule has 5 heteroatoms. The van der Waals surface area contributed by atoms with Gasteiger partial charge in [0, 0.05) is 29.9 Å². The van der Waals surface area contributed by atoms with E-state index in [4.69, 9.17) is 0 Å². The average Bonchev–Trinajstić information content (AvgIpc) is 3.35. The molecule has 1 saturated carbocycles. The third-order valence-electron chi connectivity index (χ3n) is 4.14. The van der Waals surface area contributed by atoms with Crippen molar-refractivity contribution in [2.24, 2.45) is 5.92 Å². The van der Waals surface area contributed by atoms with Gasteiger partial charge in [-0.3, -0.25) is 4.79 Å². The van der Waals surface area contributed by atoms with Crippen LogP contribution < -0.4 is 10.6 Å². The lowest BCUT2D eigenvalue weighted by Crippen LogP contribution is -2.12. The quantitative estimate of drug-likeness (QED) is 0.689. The second-order valence-corrected chi connectivity index (χ2v) is 5.91. The van der Waals surface area contributed by atoms with Crippen LogP contribution in [-0.4, -0.2) is 22.9 Å². The number of benzene rings is 2. The number of H-pyrrole nitrogens is 1. The van der Waals surface area contributed by atoms with E-state index in [-0.39, 0.29) is 11.8 Å². The summed E-state index contributed by atoms with van der Waals surface area (Å²) in [6.07, 6.45) is 2.01. The van der Waals surface area contributed by atoms with Crippen LogP contribution in [0.3, 0.4) is 0 Å². The van der Waals surface area contributed by atoms with Gasteiger partial charge in [-0.15, -0.1) is 0 Å². The highest BCUT2D eigenvalue weighted by Crippen LogP contribution is 2.30. The first-order valence-electron chi connectivity index (χ1n) is 7.82. The fraction of sp³-hybridized carbons (Fsp3) is 0.222. The van der Waals surface area contributed by atoms with E-state index in [2.05, 4.69) is 20.6 Å². The van der Waals surface area contributed by atoms with E-state index in [0.29, 0.717) is 0 Å². The first-order chi connectivity index (χ1) is 11.2. The summed E-state index contributed by atoms with van der Waals surface area (Å²) < 4.78 is 0. The largest absolute Gasteiger partial charge is 0.388 e. The monoisotopic (exact) mass is 306 g/mol. The van der Waals surface area contributed by atoms with Gasteiger partial charge in [0.2, 0.25) is 5.91 Å². The number of hydrogen-bond donors (Lipinski definition) is 3. The van der Waals surface area contributed by atoms with Crippen molar-refractivity contribution in [2.75, 3.05) is 17.7 Å². The zero-order chi connectivity index (χ0) is 15.8. The predicted octanol–water partition coefficient (Wildman–Crippen LogP) is 3.62. The van der Waals surface area contributed by atoms with Crippen LogP contribution >= 0.6 is 0 Å². The number of nitrogens with zero attached hydrogens (tertiary/aromatic N) is 1. The molecule has 0 aliphatic heterocycles. The number of carbonyl (C=O) groups excluding carboxylic acids is 1. The van der Waals surface area contributed by atoms with E-state index < -0.39 is 0 Å². The van der Waals surface area contributed by atoms with Crippen molar-refractivity contribution in [1.82, 2.24) is 9.97 Å². The molecule has 4 rings (SSSR count). The minimum absolute atomic E-state index is 0.117. The Morgan fingerprint density at radius 1 is 1.13 bits per heavy atom. The Kier molecular flexibility index (Phi) is 3.26. The maximum absolute atomic E-state index is 11.9. The summed E-state index contributed by atoms with van der Waals surface area (Å²) >= 11 is 0. The van der Waals surface area contributed by atoms with Crippen LogP contribution in [0.2, 0.25) is 0 Å². The van der Waals surface area contributed by atoms with E-state index in [1.165, 1.54) is 0 Å². The third-order valence-corrected chi connectivity index (χ3v) is 4.14. The molecular weight excluding hydrogens is 288 g/mol. The van der Waals surface area contributed by atoms with Crippen molar-refractivity contribution >= 4 is 28.3 Å². The Hall–Kier alpha value is -2.82. The van der Waals surface area contributed by atoms with Gasteiger partial charge in [0.15, 0.2) is 0 Å². The van der Waals surface area contributed by atoms with Crippen LogP contribution in [0.25, 0.3) is 22.4 Å². The van der Waals surface area contributed by atoms with E-state index in [0.717, 1.165) is 46.6 Å². The molecular formula is C18H18N4O. The molecule has 1 aliphatic carbocycles. The molecule has 3 aromatic rings. The van der Waals surface area contributed by atoms with Gasteiger partial charge >= 0.3 is 0 Å². The lowest BCUT2D eigenvalue weighted by molar-refractivity contribution is -0.117. The highest BCUT2D eigenvalue weighted by atomic mass is 16.2. The van der Waals surface area contributed by atoms with Gasteiger partial charge in [-0.25, -0.2) is 4.98 Å². The van der Waals surface area contributed by atoms with Gasteiger partial charge < -0.3 is 15.6 Å². The Bertz CT molecular complexity index is 862. The average molecular weight is 306 g/mol. The summed E-state index contributed by atoms with van der Waals surface area (Å²) in [7, 11) is 1.90. The second kappa shape index (κ2) is 5.43. The van der Waals surface area contributed by atoms with Crippen molar-refractivity contribution in [3.05, 3.63) is 42.5 Å². The lowest BCUT2D eigenvalue weighted by Gasteiger charge is -2.03. The highest BCUT2D eigenvalue weighted by Gasteiger charge is 2.29. The first-order valence-corrected chi connectivity index (χ1v) is 7.82. The number of fused-ring (bicyclic) bond motifs is 1. The topological polar surface area (TPSA) is 69.8 Å². The van der Waals surface area contributed by atoms with Gasteiger partial charge in [-0.1, -0.05) is 0 Å². The lowest BCUT2D eigenvalue weighted by atomic mass is 10.2. The highest BCUT2D eigenvalue weighted by molar-refractivity contribution is 5.96. The molecule has 1 heterocycles. The molecule has 23 heavy (non-hydrogen) atoms. The molecule has 1 aliphatic rings. The van der Waals surface area contributed by atoms with Crippen LogP contribution in [0.4, 0.5) is 11.4 Å². The fourth-order valence-electron chi connectivity index (χ4n) is 2.61. The Balaban J connectivity index is 1.62. The van der Waals surface area contributed by atoms with E-state index in [9.17, 15) is 4.79 Å². The first kappa shape index (κ1) is 13.8. The van der Waals surface area contributed by atoms with Crippen molar-refractivity contribution in [1.29, 1.82) is 0 Å². The number of aromatic nitrogens is 2. The SMILES string of the molecule is CNc1ccc(-c2nc3ccc(NC(=O)C4CC4)cc3[nH]2)cc1. The maximum atomic E-state index is 11.9. The zero-order valence-corrected chi connectivity index (χ0v) is 12.9. The number of carbonyl (C=O) groups is 1. The normalized spacial score (nSPS) is 14.0. The maximum Gasteiger partial charge on any atom is 0.227 e. The van der Waals surface area contributed by atoms with Crippen LogP contribution in [0.5, 0.6) is 0 Å². The van der Waals surface area contributed by atoms with Crippen molar-refractivity contribution in [2.45, 2.75) is 12.8 Å². The molecule has 5 nitrogen and oxygen atoms in total. The Labute approximate surface area is 134 Å². The molecule has 2 aromatic carbocycles. The van der Waals surface area contributed by atoms with Crippen molar-refractivity contribution < 1.29 is 4.79 Å². The standard InChI is InChI=1S/C18H18N4O/c1-19-13-6-4-11(5-7-13)17-21-15-9-8-14(10-16(15)22-17)20-18(23)12-2-3-12/h4-10,12,19H,2-3H2,1H3,(H,20,23)(H,21,22). The second-order valence-electron chi connectivity index (χ2n) is 5.91. The van der Waals surface area contributed by atoms with Crippen LogP contribution in [-0.2, 0) is 4.79 Å². The van der Waals surface area contributed by atoms with Gasteiger partial charge in [-0.2, -0.15) is 0 Å². The van der Waals surface area contributed by atoms with Crippen LogP contribution in [0.1, 0.15) is 12.8 Å². The number of imidazole rings is 1. The smallest absolute Gasteiger partial charge is 0.227 e. The number of rotatable bonds is 4. The molecule has 0 spiro atoms. The van der Waals surface area contributed by atoms with Crippen molar-refractivity contribution in [3.63, 3.8) is 0 Å². The molecule has 0 saturated heterocycles. The number of amides is 1. The van der Waals surface area contributed by atoms with E-state index in [1.54, 1.807) is 0 Å². The number of aromatic amines is 1. The van der Waals surface area contributed by atoms with Crippen LogP contribution in [0, 0.1) is 5.92 Å². The van der Waals surface area contributed by atoms with Gasteiger partial charge in [0.25, 0.3) is 0 Å². The number of anilines is 2. The summed E-state index contributed by atoms with van der Waals surface area (Å²) in [6, 6.07) is 13.9. The fourth-order valence-corrected chi connectivity index (χ4v) is 2.61. The Morgan fingerprint density at radius 3 is 2.57 bits per heavy atom. The van der Waals surface area contributed by atoms with Gasteiger partial charge in [0.05, 0.1) is 11.0 Å². The minimum Gasteiger partial charge on any atom is -0.388 e. The molecule has 0 bridgehead atoms. The minimum atomic E-state index is 0.117. The molecule has 1 amide bonds. The summed E-state index contributed by atoms with van der Waals surface area (Å²) in [5.74, 6) is 1.15. The number of nitrogens with one attached hydrogen (secondary N) is 3. The molecule has 1 aromatic heterocycles. The number of hydrogen-bond acceptors (Lipinski definition) is 3. The zero-order valence-electron chi connectivity index (χ0n) is 12.9. The summed E-state index contributed by atoms with van der Waals surface area (Å²) in [4.78, 5) is 19.8. The molecule has 3 N–H and O–H groups in total. The summed E-state index contributed by atoms with van der Waals surface area (Å²) in [5.41, 5.74) is 4.72. The van der Waals surface area contributed by atoms with Crippen molar-refractivity contribution in [3.8, 4) is 11.4 Å². The molecule has 0 unspecified atom stereocenters. The molecule has 1 fully saturated rings. The molecule has 0 atom stereocenters. The van der Waals surface area contributed by atoms with E-state index >= 15 is 0 Å². The van der Waals surface area contributed by atoms with Crippen LogP contribution in [0.15, 0.2) is 42.5 Å².